The zero-order chi connectivity index (χ0) is 27.4. The second-order valence-corrected chi connectivity index (χ2v) is 11.0. The van der Waals surface area contributed by atoms with Crippen molar-refractivity contribution in [2.75, 3.05) is 6.61 Å². The van der Waals surface area contributed by atoms with E-state index in [1.54, 1.807) is 0 Å². The van der Waals surface area contributed by atoms with E-state index in [2.05, 4.69) is 0 Å². The van der Waals surface area contributed by atoms with E-state index in [-0.39, 0.29) is 10.4 Å². The molecule has 0 aromatic heterocycles. The molecule has 0 bridgehead atoms. The Kier molecular flexibility index (Phi) is 10.6. The highest BCUT2D eigenvalue weighted by molar-refractivity contribution is 8.14. The van der Waals surface area contributed by atoms with Gasteiger partial charge in [-0.25, -0.2) is 0 Å². The number of hydrogen-bond donors (Lipinski definition) is 0. The number of carbonyl (C=O) groups excluding carboxylic acids is 1. The molecule has 206 valence electrons. The Morgan fingerprint density at radius 3 is 1.38 bits per heavy atom. The molecule has 1 heterocycles. The molecule has 0 unspecified atom stereocenters. The number of ether oxygens (including phenoxy) is 4. The third-order valence-electron chi connectivity index (χ3n) is 6.73. The third-order valence-corrected chi connectivity index (χ3v) is 7.90. The van der Waals surface area contributed by atoms with Crippen LogP contribution in [-0.2, 0) is 50.2 Å². The van der Waals surface area contributed by atoms with E-state index < -0.39 is 18.3 Å². The molecule has 0 saturated carbocycles. The van der Waals surface area contributed by atoms with Gasteiger partial charge in [0.2, 0.25) is 5.12 Å². The van der Waals surface area contributed by atoms with Gasteiger partial charge in [-0.05, 0) is 22.3 Å². The van der Waals surface area contributed by atoms with E-state index in [9.17, 15) is 4.79 Å². The van der Waals surface area contributed by atoms with Crippen molar-refractivity contribution in [3.05, 3.63) is 144 Å². The van der Waals surface area contributed by atoms with Crippen molar-refractivity contribution in [1.29, 1.82) is 0 Å². The molecule has 4 aromatic carbocycles. The lowest BCUT2D eigenvalue weighted by Crippen LogP contribution is -2.55. The summed E-state index contributed by atoms with van der Waals surface area (Å²) in [6, 6.07) is 39.9. The summed E-state index contributed by atoms with van der Waals surface area (Å²) in [5.74, 6) is 0. The summed E-state index contributed by atoms with van der Waals surface area (Å²) in [6.45, 7) is 1.86. The first-order valence-electron chi connectivity index (χ1n) is 13.5. The van der Waals surface area contributed by atoms with Crippen molar-refractivity contribution in [2.45, 2.75) is 50.0 Å². The fraction of sp³-hybridized carbons (Fsp3) is 0.265. The highest BCUT2D eigenvalue weighted by Gasteiger charge is 2.47. The topological polar surface area (TPSA) is 54.0 Å². The first kappa shape index (κ1) is 28.3. The van der Waals surface area contributed by atoms with Crippen LogP contribution in [0.4, 0.5) is 0 Å². The number of thioether (sulfide) groups is 1. The number of rotatable bonds is 13. The molecule has 0 amide bonds. The molecule has 40 heavy (non-hydrogen) atoms. The lowest BCUT2D eigenvalue weighted by atomic mass is 10.0. The van der Waals surface area contributed by atoms with Gasteiger partial charge in [-0.2, -0.15) is 0 Å². The SMILES string of the molecule is O=C1S[C@@H](COCc2ccccc2)[C@H](OCc2ccccc2)[C@H](OCc2ccccc2)[C@H]1OCc1ccccc1. The second kappa shape index (κ2) is 14.9. The molecule has 0 N–H and O–H groups in total. The van der Waals surface area contributed by atoms with Gasteiger partial charge >= 0.3 is 0 Å². The molecule has 1 aliphatic rings. The van der Waals surface area contributed by atoms with Gasteiger partial charge in [-0.1, -0.05) is 133 Å². The predicted octanol–water partition coefficient (Wildman–Crippen LogP) is 6.60. The summed E-state index contributed by atoms with van der Waals surface area (Å²) in [4.78, 5) is 13.5. The van der Waals surface area contributed by atoms with Crippen LogP contribution in [-0.4, -0.2) is 35.3 Å². The quantitative estimate of drug-likeness (QED) is 0.186. The van der Waals surface area contributed by atoms with Crippen LogP contribution >= 0.6 is 11.8 Å². The van der Waals surface area contributed by atoms with E-state index in [1.807, 2.05) is 121 Å². The van der Waals surface area contributed by atoms with Crippen LogP contribution in [0.25, 0.3) is 0 Å². The minimum atomic E-state index is -0.778. The maximum absolute atomic E-state index is 13.5. The van der Waals surface area contributed by atoms with Crippen molar-refractivity contribution in [2.24, 2.45) is 0 Å². The van der Waals surface area contributed by atoms with E-state index in [0.717, 1.165) is 22.3 Å². The molecule has 5 rings (SSSR count). The van der Waals surface area contributed by atoms with Gasteiger partial charge in [0.1, 0.15) is 12.2 Å². The molecule has 1 saturated heterocycles. The Morgan fingerprint density at radius 1 is 0.500 bits per heavy atom. The van der Waals surface area contributed by atoms with Gasteiger partial charge in [0.05, 0.1) is 38.3 Å². The van der Waals surface area contributed by atoms with Gasteiger partial charge in [-0.3, -0.25) is 4.79 Å². The Labute approximate surface area is 240 Å². The van der Waals surface area contributed by atoms with E-state index in [1.165, 1.54) is 11.8 Å². The van der Waals surface area contributed by atoms with Crippen molar-refractivity contribution in [3.63, 3.8) is 0 Å². The fourth-order valence-electron chi connectivity index (χ4n) is 4.64. The zero-order valence-electron chi connectivity index (χ0n) is 22.3. The second-order valence-electron chi connectivity index (χ2n) is 9.72. The van der Waals surface area contributed by atoms with Crippen LogP contribution in [0.15, 0.2) is 121 Å². The van der Waals surface area contributed by atoms with Crippen molar-refractivity contribution >= 4 is 16.9 Å². The van der Waals surface area contributed by atoms with Crippen molar-refractivity contribution in [1.82, 2.24) is 0 Å². The summed E-state index contributed by atoms with van der Waals surface area (Å²) < 4.78 is 25.4. The van der Waals surface area contributed by atoms with Gasteiger partial charge in [0, 0.05) is 0 Å². The minimum Gasteiger partial charge on any atom is -0.376 e. The molecule has 4 aromatic rings. The molecular formula is C34H34O5S. The predicted molar refractivity (Wildman–Crippen MR) is 158 cm³/mol. The first-order chi connectivity index (χ1) is 19.8. The summed E-state index contributed by atoms with van der Waals surface area (Å²) in [5.41, 5.74) is 4.15. The van der Waals surface area contributed by atoms with Crippen LogP contribution < -0.4 is 0 Å². The summed E-state index contributed by atoms with van der Waals surface area (Å²) in [5, 5.41) is -0.320. The Bertz CT molecular complexity index is 1290. The third kappa shape index (κ3) is 8.13. The molecule has 5 nitrogen and oxygen atoms in total. The van der Waals surface area contributed by atoms with Gasteiger partial charge in [-0.15, -0.1) is 0 Å². The van der Waals surface area contributed by atoms with Gasteiger partial charge in [0.25, 0.3) is 0 Å². The van der Waals surface area contributed by atoms with E-state index in [4.69, 9.17) is 18.9 Å². The largest absolute Gasteiger partial charge is 0.376 e. The molecule has 1 aliphatic heterocycles. The fourth-order valence-corrected chi connectivity index (χ4v) is 5.80. The van der Waals surface area contributed by atoms with Crippen molar-refractivity contribution < 1.29 is 23.7 Å². The lowest BCUT2D eigenvalue weighted by molar-refractivity contribution is -0.166. The van der Waals surface area contributed by atoms with Crippen LogP contribution in [0.5, 0.6) is 0 Å². The van der Waals surface area contributed by atoms with E-state index in [0.29, 0.717) is 33.0 Å². The molecule has 6 heteroatoms. The average Bonchev–Trinajstić information content (AvgIpc) is 3.01. The summed E-state index contributed by atoms with van der Waals surface area (Å²) in [6.07, 6.45) is -1.81. The molecule has 0 spiro atoms. The Balaban J connectivity index is 1.36. The molecule has 4 atom stereocenters. The highest BCUT2D eigenvalue weighted by Crippen LogP contribution is 2.35. The normalized spacial score (nSPS) is 20.9. The van der Waals surface area contributed by atoms with Crippen LogP contribution in [0.1, 0.15) is 22.3 Å². The lowest BCUT2D eigenvalue weighted by Gasteiger charge is -2.40. The smallest absolute Gasteiger partial charge is 0.220 e. The van der Waals surface area contributed by atoms with Crippen LogP contribution in [0, 0.1) is 0 Å². The van der Waals surface area contributed by atoms with Crippen molar-refractivity contribution in [3.8, 4) is 0 Å². The Morgan fingerprint density at radius 2 is 0.900 bits per heavy atom. The minimum absolute atomic E-state index is 0.0677. The average molecular weight is 555 g/mol. The monoisotopic (exact) mass is 554 g/mol. The molecule has 0 radical (unpaired) electrons. The van der Waals surface area contributed by atoms with E-state index >= 15 is 0 Å². The van der Waals surface area contributed by atoms with Gasteiger partial charge < -0.3 is 18.9 Å². The highest BCUT2D eigenvalue weighted by atomic mass is 32.2. The van der Waals surface area contributed by atoms with Crippen LogP contribution in [0.3, 0.4) is 0 Å². The maximum atomic E-state index is 13.5. The summed E-state index contributed by atoms with van der Waals surface area (Å²) >= 11 is 1.24. The number of carbonyl (C=O) groups is 1. The standard InChI is InChI=1S/C34H34O5S/c35-34-33(39-24-29-19-11-4-12-20-29)32(38-23-28-17-9-3-10-18-28)31(37-22-27-15-7-2-8-16-27)30(40-34)25-36-21-26-13-5-1-6-14-26/h1-20,30-33H,21-25H2/t30-,31-,32-,33+/m0/s1. The number of benzene rings is 4. The summed E-state index contributed by atoms with van der Waals surface area (Å²) in [7, 11) is 0. The molecular weight excluding hydrogens is 520 g/mol. The number of hydrogen-bond acceptors (Lipinski definition) is 6. The Hall–Kier alpha value is -3.26. The molecule has 1 fully saturated rings. The molecule has 0 aliphatic carbocycles. The maximum Gasteiger partial charge on any atom is 0.220 e. The van der Waals surface area contributed by atoms with Crippen LogP contribution in [0.2, 0.25) is 0 Å². The first-order valence-corrected chi connectivity index (χ1v) is 14.4. The zero-order valence-corrected chi connectivity index (χ0v) is 23.2. The van der Waals surface area contributed by atoms with Gasteiger partial charge in [0.15, 0.2) is 6.10 Å².